The lowest BCUT2D eigenvalue weighted by atomic mass is 10.3. The van der Waals surface area contributed by atoms with E-state index in [9.17, 15) is 4.39 Å². The second-order valence-corrected chi connectivity index (χ2v) is 3.58. The third kappa shape index (κ3) is 2.39. The van der Waals surface area contributed by atoms with Crippen molar-refractivity contribution in [1.29, 1.82) is 0 Å². The summed E-state index contributed by atoms with van der Waals surface area (Å²) >= 11 is 0. The van der Waals surface area contributed by atoms with E-state index in [1.54, 1.807) is 12.3 Å². The number of benzene rings is 1. The van der Waals surface area contributed by atoms with Crippen molar-refractivity contribution >= 4 is 11.6 Å². The first-order valence-electron chi connectivity index (χ1n) is 5.33. The van der Waals surface area contributed by atoms with Crippen LogP contribution in [0, 0.1) is 5.82 Å². The molecule has 1 N–H and O–H groups in total. The number of halogens is 1. The van der Waals surface area contributed by atoms with Crippen molar-refractivity contribution in [2.75, 3.05) is 5.32 Å². The molecule has 16 heavy (non-hydrogen) atoms. The number of anilines is 2. The van der Waals surface area contributed by atoms with E-state index < -0.39 is 0 Å². The molecule has 0 amide bonds. The molecule has 0 radical (unpaired) electrons. The van der Waals surface area contributed by atoms with E-state index in [1.165, 1.54) is 12.1 Å². The molecule has 3 nitrogen and oxygen atoms in total. The van der Waals surface area contributed by atoms with Crippen molar-refractivity contribution in [3.63, 3.8) is 0 Å². The molecule has 2 rings (SSSR count). The first-order chi connectivity index (χ1) is 7.79. The van der Waals surface area contributed by atoms with Gasteiger partial charge < -0.3 is 9.88 Å². The molecular weight excluding hydrogens is 205 g/mol. The van der Waals surface area contributed by atoms with Crippen LogP contribution in [0.2, 0.25) is 0 Å². The molecule has 0 bridgehead atoms. The van der Waals surface area contributed by atoms with Crippen molar-refractivity contribution in [3.05, 3.63) is 42.5 Å². The Balaban J connectivity index is 2.17. The van der Waals surface area contributed by atoms with Gasteiger partial charge in [-0.05, 0) is 24.6 Å². The summed E-state index contributed by atoms with van der Waals surface area (Å²) in [5, 5.41) is 3.09. The fraction of sp³-hybridized carbons (Fsp3) is 0.250. The Hall–Kier alpha value is -1.84. The number of aryl methyl sites for hydroxylation is 1. The lowest BCUT2D eigenvalue weighted by molar-refractivity contribution is 0.628. The van der Waals surface area contributed by atoms with Crippen LogP contribution in [0.4, 0.5) is 16.0 Å². The van der Waals surface area contributed by atoms with Gasteiger partial charge in [0.1, 0.15) is 5.82 Å². The average Bonchev–Trinajstić information content (AvgIpc) is 2.66. The van der Waals surface area contributed by atoms with E-state index >= 15 is 0 Å². The summed E-state index contributed by atoms with van der Waals surface area (Å²) in [5.74, 6) is 0.492. The second-order valence-electron chi connectivity index (χ2n) is 3.58. The summed E-state index contributed by atoms with van der Waals surface area (Å²) in [6.45, 7) is 3.00. The molecule has 84 valence electrons. The minimum Gasteiger partial charge on any atom is -0.326 e. The molecule has 0 saturated heterocycles. The van der Waals surface area contributed by atoms with E-state index in [2.05, 4.69) is 17.2 Å². The molecule has 0 fully saturated rings. The lowest BCUT2D eigenvalue weighted by Gasteiger charge is -2.08. The number of hydrogen-bond acceptors (Lipinski definition) is 2. The van der Waals surface area contributed by atoms with Gasteiger partial charge in [0.25, 0.3) is 0 Å². The largest absolute Gasteiger partial charge is 0.326 e. The van der Waals surface area contributed by atoms with Crippen LogP contribution >= 0.6 is 0 Å². The highest BCUT2D eigenvalue weighted by atomic mass is 19.1. The number of hydrogen-bond donors (Lipinski definition) is 1. The predicted octanol–water partition coefficient (Wildman–Crippen LogP) is 3.18. The zero-order valence-electron chi connectivity index (χ0n) is 9.15. The van der Waals surface area contributed by atoms with Gasteiger partial charge in [-0.15, -0.1) is 0 Å². The number of rotatable bonds is 4. The Bertz CT molecular complexity index is 465. The maximum absolute atomic E-state index is 13.0. The Morgan fingerprint density at radius 3 is 3.06 bits per heavy atom. The first-order valence-corrected chi connectivity index (χ1v) is 5.33. The van der Waals surface area contributed by atoms with Gasteiger partial charge in [0.05, 0.1) is 0 Å². The molecule has 4 heteroatoms. The molecule has 0 aliphatic rings. The molecule has 0 aliphatic heterocycles. The van der Waals surface area contributed by atoms with E-state index in [4.69, 9.17) is 0 Å². The van der Waals surface area contributed by atoms with Crippen LogP contribution in [0.5, 0.6) is 0 Å². The van der Waals surface area contributed by atoms with Crippen LogP contribution in [0.25, 0.3) is 0 Å². The highest BCUT2D eigenvalue weighted by molar-refractivity contribution is 5.53. The minimum absolute atomic E-state index is 0.251. The monoisotopic (exact) mass is 219 g/mol. The Labute approximate surface area is 93.9 Å². The van der Waals surface area contributed by atoms with Gasteiger partial charge in [-0.25, -0.2) is 9.37 Å². The van der Waals surface area contributed by atoms with Crippen molar-refractivity contribution in [2.45, 2.75) is 19.9 Å². The summed E-state index contributed by atoms with van der Waals surface area (Å²) in [6.07, 6.45) is 4.68. The van der Waals surface area contributed by atoms with Gasteiger partial charge in [-0.3, -0.25) is 0 Å². The topological polar surface area (TPSA) is 29.9 Å². The van der Waals surface area contributed by atoms with Crippen molar-refractivity contribution in [3.8, 4) is 0 Å². The van der Waals surface area contributed by atoms with E-state index in [0.717, 1.165) is 18.9 Å². The average molecular weight is 219 g/mol. The Kier molecular flexibility index (Phi) is 3.19. The fourth-order valence-corrected chi connectivity index (χ4v) is 1.55. The minimum atomic E-state index is -0.251. The number of nitrogens with one attached hydrogen (secondary N) is 1. The van der Waals surface area contributed by atoms with Crippen LogP contribution < -0.4 is 5.32 Å². The van der Waals surface area contributed by atoms with Gasteiger partial charge in [0, 0.05) is 24.6 Å². The summed E-state index contributed by atoms with van der Waals surface area (Å²) in [4.78, 5) is 4.19. The summed E-state index contributed by atoms with van der Waals surface area (Å²) in [6, 6.07) is 6.35. The third-order valence-corrected chi connectivity index (χ3v) is 2.26. The van der Waals surface area contributed by atoms with Gasteiger partial charge >= 0.3 is 0 Å². The number of nitrogens with zero attached hydrogens (tertiary/aromatic N) is 2. The SMILES string of the molecule is CCCn1ccnc1Nc1cccc(F)c1. The van der Waals surface area contributed by atoms with Crippen LogP contribution in [0.1, 0.15) is 13.3 Å². The maximum atomic E-state index is 13.0. The summed E-state index contributed by atoms with van der Waals surface area (Å²) in [5.41, 5.74) is 0.712. The normalized spacial score (nSPS) is 10.4. The molecule has 1 heterocycles. The van der Waals surface area contributed by atoms with Crippen LogP contribution in [-0.2, 0) is 6.54 Å². The summed E-state index contributed by atoms with van der Waals surface area (Å²) < 4.78 is 15.0. The van der Waals surface area contributed by atoms with Crippen LogP contribution in [0.15, 0.2) is 36.7 Å². The maximum Gasteiger partial charge on any atom is 0.207 e. The first kappa shape index (κ1) is 10.7. The van der Waals surface area contributed by atoms with Gasteiger partial charge in [-0.1, -0.05) is 13.0 Å². The van der Waals surface area contributed by atoms with Gasteiger partial charge in [-0.2, -0.15) is 0 Å². The van der Waals surface area contributed by atoms with E-state index in [0.29, 0.717) is 5.69 Å². The van der Waals surface area contributed by atoms with E-state index in [-0.39, 0.29) is 5.82 Å². The quantitative estimate of drug-likeness (QED) is 0.855. The molecule has 0 atom stereocenters. The molecule has 0 aliphatic carbocycles. The third-order valence-electron chi connectivity index (χ3n) is 2.26. The van der Waals surface area contributed by atoms with Crippen molar-refractivity contribution < 1.29 is 4.39 Å². The molecule has 0 unspecified atom stereocenters. The number of imidazole rings is 1. The number of aromatic nitrogens is 2. The highest BCUT2D eigenvalue weighted by Crippen LogP contribution is 2.15. The van der Waals surface area contributed by atoms with E-state index in [1.807, 2.05) is 16.8 Å². The van der Waals surface area contributed by atoms with Crippen LogP contribution in [0.3, 0.4) is 0 Å². The highest BCUT2D eigenvalue weighted by Gasteiger charge is 2.02. The van der Waals surface area contributed by atoms with Crippen molar-refractivity contribution in [2.24, 2.45) is 0 Å². The Morgan fingerprint density at radius 2 is 2.31 bits per heavy atom. The molecule has 0 saturated carbocycles. The predicted molar refractivity (Wildman–Crippen MR) is 62.2 cm³/mol. The zero-order chi connectivity index (χ0) is 11.4. The Morgan fingerprint density at radius 1 is 1.44 bits per heavy atom. The molecular formula is C12H14FN3. The lowest BCUT2D eigenvalue weighted by Crippen LogP contribution is -2.02. The molecule has 1 aromatic heterocycles. The molecule has 0 spiro atoms. The van der Waals surface area contributed by atoms with Gasteiger partial charge in [0.15, 0.2) is 0 Å². The smallest absolute Gasteiger partial charge is 0.207 e. The summed E-state index contributed by atoms with van der Waals surface area (Å²) in [7, 11) is 0. The van der Waals surface area contributed by atoms with Gasteiger partial charge in [0.2, 0.25) is 5.95 Å². The second kappa shape index (κ2) is 4.79. The zero-order valence-corrected chi connectivity index (χ0v) is 9.15. The van der Waals surface area contributed by atoms with Crippen molar-refractivity contribution in [1.82, 2.24) is 9.55 Å². The van der Waals surface area contributed by atoms with Crippen LogP contribution in [-0.4, -0.2) is 9.55 Å². The fourth-order valence-electron chi connectivity index (χ4n) is 1.55. The molecule has 1 aromatic carbocycles. The molecule has 2 aromatic rings. The standard InChI is InChI=1S/C12H14FN3/c1-2-7-16-8-6-14-12(16)15-11-5-3-4-10(13)9-11/h3-6,8-9H,2,7H2,1H3,(H,14,15).